The van der Waals surface area contributed by atoms with Crippen LogP contribution >= 0.6 is 17.0 Å². The summed E-state index contributed by atoms with van der Waals surface area (Å²) in [5.74, 6) is 0. The fourth-order valence-corrected chi connectivity index (χ4v) is 0.534. The molecule has 0 N–H and O–H groups in total. The average molecular weight is 440 g/mol. The molecule has 1 rings (SSSR count). The third-order valence-corrected chi connectivity index (χ3v) is 0.940. The number of benzene rings is 1. The minimum atomic E-state index is 0. The second-order valence-electron chi connectivity index (χ2n) is 1.65. The van der Waals surface area contributed by atoms with E-state index in [1.807, 2.05) is 18.2 Å². The first-order valence-corrected chi connectivity index (χ1v) is 2.41. The summed E-state index contributed by atoms with van der Waals surface area (Å²) in [6.07, 6.45) is 0. The molecule has 0 aliphatic rings. The van der Waals surface area contributed by atoms with E-state index in [-0.39, 0.29) is 85.3 Å². The van der Waals surface area contributed by atoms with Gasteiger partial charge in [0.05, 0.1) is 0 Å². The Labute approximate surface area is 127 Å². The maximum atomic E-state index is 2.08. The first kappa shape index (κ1) is 29.2. The van der Waals surface area contributed by atoms with Gasteiger partial charge in [-0.3, -0.25) is 0 Å². The van der Waals surface area contributed by atoms with Crippen LogP contribution in [0, 0.1) is 6.92 Å². The molecule has 1 aromatic carbocycles. The van der Waals surface area contributed by atoms with E-state index in [2.05, 4.69) is 19.1 Å². The molecule has 0 fully saturated rings. The standard InChI is InChI=1S/C7H8.Al.4BrH/c1-7-5-3-2-4-6-7;;;;;/h2-6H,1H3;;4*1H/q;+3;;;;/p-3. The van der Waals surface area contributed by atoms with Gasteiger partial charge in [0.15, 0.2) is 0 Å². The molecule has 12 heavy (non-hydrogen) atoms. The normalized spacial score (nSPS) is 5.08. The molecular formula is C7H9AlBr4. The van der Waals surface area contributed by atoms with Crippen molar-refractivity contribution in [3.8, 4) is 0 Å². The number of hydrogen-bond acceptors (Lipinski definition) is 0. The fourth-order valence-electron chi connectivity index (χ4n) is 0.534. The molecule has 0 bridgehead atoms. The van der Waals surface area contributed by atoms with Crippen molar-refractivity contribution < 1.29 is 50.9 Å². The zero-order valence-electron chi connectivity index (χ0n) is 6.51. The number of hydrogen-bond donors (Lipinski definition) is 0. The van der Waals surface area contributed by atoms with E-state index in [9.17, 15) is 0 Å². The molecule has 0 heterocycles. The molecule has 0 aromatic heterocycles. The Morgan fingerprint density at radius 3 is 1.33 bits per heavy atom. The topological polar surface area (TPSA) is 0 Å². The molecular weight excluding hydrogens is 431 g/mol. The Bertz CT molecular complexity index is 145. The van der Waals surface area contributed by atoms with E-state index in [1.165, 1.54) is 5.56 Å². The first-order chi connectivity index (χ1) is 3.39. The summed E-state index contributed by atoms with van der Waals surface area (Å²) in [5, 5.41) is 0. The van der Waals surface area contributed by atoms with Crippen LogP contribution in [0.25, 0.3) is 0 Å². The summed E-state index contributed by atoms with van der Waals surface area (Å²) in [7, 11) is 0. The minimum Gasteiger partial charge on any atom is -1.00 e. The molecule has 0 radical (unpaired) electrons. The summed E-state index contributed by atoms with van der Waals surface area (Å²) in [4.78, 5) is 0. The predicted molar refractivity (Wildman–Crippen MR) is 47.3 cm³/mol. The van der Waals surface area contributed by atoms with Gasteiger partial charge in [-0.25, -0.2) is 0 Å². The zero-order valence-corrected chi connectivity index (χ0v) is 14.1. The van der Waals surface area contributed by atoms with Gasteiger partial charge in [-0.05, 0) is 6.92 Å². The van der Waals surface area contributed by atoms with Crippen LogP contribution in [0.2, 0.25) is 0 Å². The summed E-state index contributed by atoms with van der Waals surface area (Å²) >= 11 is 0. The molecule has 5 heteroatoms. The van der Waals surface area contributed by atoms with Crippen LogP contribution in [0.3, 0.4) is 0 Å². The van der Waals surface area contributed by atoms with Crippen LogP contribution in [-0.4, -0.2) is 17.4 Å². The molecule has 0 aliphatic carbocycles. The first-order valence-electron chi connectivity index (χ1n) is 2.41. The van der Waals surface area contributed by atoms with Gasteiger partial charge >= 0.3 is 17.4 Å². The van der Waals surface area contributed by atoms with E-state index in [0.29, 0.717) is 0 Å². The van der Waals surface area contributed by atoms with Gasteiger partial charge in [-0.2, -0.15) is 0 Å². The molecule has 0 amide bonds. The number of halogens is 4. The minimum absolute atomic E-state index is 0. The molecule has 0 saturated carbocycles. The monoisotopic (exact) mass is 436 g/mol. The molecule has 68 valence electrons. The van der Waals surface area contributed by atoms with Gasteiger partial charge in [0, 0.05) is 0 Å². The Balaban J connectivity index is -0.0000000327. The molecule has 0 aliphatic heterocycles. The largest absolute Gasteiger partial charge is 3.00 e. The summed E-state index contributed by atoms with van der Waals surface area (Å²) in [5.41, 5.74) is 1.32. The van der Waals surface area contributed by atoms with Gasteiger partial charge in [-0.15, -0.1) is 17.0 Å². The van der Waals surface area contributed by atoms with E-state index < -0.39 is 0 Å². The third-order valence-electron chi connectivity index (χ3n) is 0.940. The van der Waals surface area contributed by atoms with Gasteiger partial charge in [-0.1, -0.05) is 35.9 Å². The summed E-state index contributed by atoms with van der Waals surface area (Å²) in [6.45, 7) is 2.08. The molecule has 1 aromatic rings. The van der Waals surface area contributed by atoms with Crippen LogP contribution in [0.1, 0.15) is 5.56 Å². The van der Waals surface area contributed by atoms with Crippen molar-refractivity contribution in [3.63, 3.8) is 0 Å². The van der Waals surface area contributed by atoms with Crippen molar-refractivity contribution in [1.29, 1.82) is 0 Å². The van der Waals surface area contributed by atoms with E-state index in [1.54, 1.807) is 0 Å². The van der Waals surface area contributed by atoms with E-state index in [4.69, 9.17) is 0 Å². The van der Waals surface area contributed by atoms with Crippen LogP contribution in [-0.2, 0) is 0 Å². The number of aryl methyl sites for hydroxylation is 1. The molecule has 0 unspecified atom stereocenters. The maximum Gasteiger partial charge on any atom is 3.00 e. The number of rotatable bonds is 0. The quantitative estimate of drug-likeness (QED) is 0.353. The van der Waals surface area contributed by atoms with Gasteiger partial charge < -0.3 is 50.9 Å². The van der Waals surface area contributed by atoms with E-state index in [0.717, 1.165) is 0 Å². The smallest absolute Gasteiger partial charge is 1.00 e. The Hall–Kier alpha value is 1.67. The van der Waals surface area contributed by atoms with E-state index >= 15 is 0 Å². The Kier molecular flexibility index (Phi) is 44.9. The fraction of sp³-hybridized carbons (Fsp3) is 0.143. The van der Waals surface area contributed by atoms with Crippen LogP contribution in [0.15, 0.2) is 30.3 Å². The maximum absolute atomic E-state index is 2.08. The second kappa shape index (κ2) is 18.5. The predicted octanol–water partition coefficient (Wildman–Crippen LogP) is -6.80. The third kappa shape index (κ3) is 14.2. The van der Waals surface area contributed by atoms with Gasteiger partial charge in [0.25, 0.3) is 0 Å². The van der Waals surface area contributed by atoms with Crippen molar-refractivity contribution in [3.05, 3.63) is 35.9 Å². The summed E-state index contributed by atoms with van der Waals surface area (Å²) < 4.78 is 0. The second-order valence-corrected chi connectivity index (χ2v) is 1.65. The van der Waals surface area contributed by atoms with Crippen molar-refractivity contribution in [2.24, 2.45) is 0 Å². The zero-order chi connectivity index (χ0) is 5.11. The molecule has 0 spiro atoms. The Morgan fingerprint density at radius 1 is 0.833 bits per heavy atom. The van der Waals surface area contributed by atoms with Crippen molar-refractivity contribution in [2.45, 2.75) is 6.92 Å². The van der Waals surface area contributed by atoms with Crippen molar-refractivity contribution >= 4 is 34.3 Å². The van der Waals surface area contributed by atoms with Crippen LogP contribution in [0.5, 0.6) is 0 Å². The molecule has 0 nitrogen and oxygen atoms in total. The average Bonchev–Trinajstić information content (AvgIpc) is 1.69. The van der Waals surface area contributed by atoms with Gasteiger partial charge in [0.1, 0.15) is 0 Å². The summed E-state index contributed by atoms with van der Waals surface area (Å²) in [6, 6.07) is 10.3. The van der Waals surface area contributed by atoms with Crippen LogP contribution in [0.4, 0.5) is 0 Å². The van der Waals surface area contributed by atoms with Gasteiger partial charge in [0.2, 0.25) is 0 Å². The Morgan fingerprint density at radius 2 is 1.17 bits per heavy atom. The SMILES string of the molecule is Br.Cc1ccccc1.[Al+3].[Br-].[Br-].[Br-]. The van der Waals surface area contributed by atoms with Crippen LogP contribution < -0.4 is 50.9 Å². The van der Waals surface area contributed by atoms with Crippen molar-refractivity contribution in [2.75, 3.05) is 0 Å². The molecule has 0 saturated heterocycles. The van der Waals surface area contributed by atoms with Crippen molar-refractivity contribution in [1.82, 2.24) is 0 Å². The molecule has 0 atom stereocenters.